The standard InChI is InChI=1S/C19H20N4OS/c1-22-12-9-20-17(22)14-5-7-15(8-6-14)19(24)23-11-3-2-4-16(23)18-21-10-13-25-18/h5-10,12-13,16H,2-4,11H2,1H3/t16-/m0/s1. The third kappa shape index (κ3) is 3.09. The van der Waals surface area contributed by atoms with Gasteiger partial charge in [-0.1, -0.05) is 12.1 Å². The molecule has 1 amide bonds. The van der Waals surface area contributed by atoms with Gasteiger partial charge in [0, 0.05) is 48.7 Å². The molecule has 1 fully saturated rings. The van der Waals surface area contributed by atoms with E-state index in [1.165, 1.54) is 0 Å². The highest BCUT2D eigenvalue weighted by Crippen LogP contribution is 2.33. The monoisotopic (exact) mass is 352 g/mol. The third-order valence-electron chi connectivity index (χ3n) is 4.71. The molecule has 0 spiro atoms. The molecule has 1 atom stereocenters. The van der Waals surface area contributed by atoms with Crippen LogP contribution in [0.25, 0.3) is 11.4 Å². The largest absolute Gasteiger partial charge is 0.334 e. The zero-order valence-electron chi connectivity index (χ0n) is 14.1. The van der Waals surface area contributed by atoms with Crippen LogP contribution in [0.3, 0.4) is 0 Å². The van der Waals surface area contributed by atoms with E-state index in [0.29, 0.717) is 0 Å². The molecule has 0 saturated carbocycles. The van der Waals surface area contributed by atoms with Crippen LogP contribution in [-0.2, 0) is 7.05 Å². The van der Waals surface area contributed by atoms with E-state index in [4.69, 9.17) is 0 Å². The maximum absolute atomic E-state index is 13.1. The maximum Gasteiger partial charge on any atom is 0.254 e. The number of carbonyl (C=O) groups is 1. The molecule has 1 saturated heterocycles. The SMILES string of the molecule is Cn1ccnc1-c1ccc(C(=O)N2CCCC[C@H]2c2nccs2)cc1. The predicted octanol–water partition coefficient (Wildman–Crippen LogP) is 3.91. The number of aromatic nitrogens is 3. The number of piperidine rings is 1. The van der Waals surface area contributed by atoms with Gasteiger partial charge in [-0.25, -0.2) is 9.97 Å². The van der Waals surface area contributed by atoms with E-state index >= 15 is 0 Å². The summed E-state index contributed by atoms with van der Waals surface area (Å²) in [5.74, 6) is 0.990. The van der Waals surface area contributed by atoms with Crippen LogP contribution in [0.15, 0.2) is 48.2 Å². The van der Waals surface area contributed by atoms with Crippen molar-refractivity contribution in [2.75, 3.05) is 6.54 Å². The Balaban J connectivity index is 1.58. The number of hydrogen-bond acceptors (Lipinski definition) is 4. The van der Waals surface area contributed by atoms with Crippen molar-refractivity contribution < 1.29 is 4.79 Å². The lowest BCUT2D eigenvalue weighted by Crippen LogP contribution is -2.38. The molecule has 1 aromatic carbocycles. The summed E-state index contributed by atoms with van der Waals surface area (Å²) in [5, 5.41) is 3.02. The number of hydrogen-bond donors (Lipinski definition) is 0. The first-order valence-corrected chi connectivity index (χ1v) is 9.40. The quantitative estimate of drug-likeness (QED) is 0.718. The Morgan fingerprint density at radius 2 is 2.00 bits per heavy atom. The molecule has 3 heterocycles. The molecule has 1 aliphatic heterocycles. The second-order valence-corrected chi connectivity index (χ2v) is 7.25. The molecule has 5 nitrogen and oxygen atoms in total. The van der Waals surface area contributed by atoms with E-state index < -0.39 is 0 Å². The summed E-state index contributed by atoms with van der Waals surface area (Å²) in [6.07, 6.45) is 8.70. The van der Waals surface area contributed by atoms with E-state index in [-0.39, 0.29) is 11.9 Å². The third-order valence-corrected chi connectivity index (χ3v) is 5.59. The van der Waals surface area contributed by atoms with Crippen molar-refractivity contribution in [3.8, 4) is 11.4 Å². The molecule has 4 rings (SSSR count). The molecule has 3 aromatic rings. The number of amides is 1. The Kier molecular flexibility index (Phi) is 4.36. The number of imidazole rings is 1. The fraction of sp³-hybridized carbons (Fsp3) is 0.316. The molecule has 0 N–H and O–H groups in total. The van der Waals surface area contributed by atoms with Crippen molar-refractivity contribution in [2.45, 2.75) is 25.3 Å². The Morgan fingerprint density at radius 1 is 1.16 bits per heavy atom. The minimum absolute atomic E-state index is 0.0892. The summed E-state index contributed by atoms with van der Waals surface area (Å²) < 4.78 is 1.97. The van der Waals surface area contributed by atoms with Gasteiger partial charge in [-0.15, -0.1) is 11.3 Å². The maximum atomic E-state index is 13.1. The van der Waals surface area contributed by atoms with Gasteiger partial charge in [-0.3, -0.25) is 4.79 Å². The summed E-state index contributed by atoms with van der Waals surface area (Å²) in [6, 6.07) is 7.85. The topological polar surface area (TPSA) is 51.0 Å². The lowest BCUT2D eigenvalue weighted by molar-refractivity contribution is 0.0611. The minimum atomic E-state index is 0.0892. The van der Waals surface area contributed by atoms with Crippen LogP contribution in [0.4, 0.5) is 0 Å². The smallest absolute Gasteiger partial charge is 0.254 e. The second kappa shape index (κ2) is 6.80. The molecule has 6 heteroatoms. The number of carbonyl (C=O) groups excluding carboxylic acids is 1. The van der Waals surface area contributed by atoms with Crippen LogP contribution < -0.4 is 0 Å². The minimum Gasteiger partial charge on any atom is -0.334 e. The summed E-state index contributed by atoms with van der Waals surface area (Å²) in [7, 11) is 1.97. The van der Waals surface area contributed by atoms with E-state index in [1.54, 1.807) is 17.5 Å². The van der Waals surface area contributed by atoms with Crippen molar-refractivity contribution in [2.24, 2.45) is 7.05 Å². The van der Waals surface area contributed by atoms with Crippen LogP contribution in [0.2, 0.25) is 0 Å². The summed E-state index contributed by atoms with van der Waals surface area (Å²) in [6.45, 7) is 0.796. The number of aryl methyl sites for hydroxylation is 1. The van der Waals surface area contributed by atoms with E-state index in [0.717, 1.165) is 47.8 Å². The summed E-state index contributed by atoms with van der Waals surface area (Å²) in [5.41, 5.74) is 1.74. The van der Waals surface area contributed by atoms with Gasteiger partial charge >= 0.3 is 0 Å². The number of rotatable bonds is 3. The lowest BCUT2D eigenvalue weighted by atomic mass is 10.0. The lowest BCUT2D eigenvalue weighted by Gasteiger charge is -2.34. The van der Waals surface area contributed by atoms with Crippen molar-refractivity contribution in [1.29, 1.82) is 0 Å². The van der Waals surface area contributed by atoms with Gasteiger partial charge in [0.2, 0.25) is 0 Å². The molecule has 25 heavy (non-hydrogen) atoms. The van der Waals surface area contributed by atoms with Gasteiger partial charge in [0.1, 0.15) is 10.8 Å². The Morgan fingerprint density at radius 3 is 2.68 bits per heavy atom. The summed E-state index contributed by atoms with van der Waals surface area (Å²) in [4.78, 5) is 23.8. The molecule has 0 unspecified atom stereocenters. The highest BCUT2D eigenvalue weighted by Gasteiger charge is 2.30. The second-order valence-electron chi connectivity index (χ2n) is 6.32. The molecule has 2 aromatic heterocycles. The number of benzene rings is 1. The van der Waals surface area contributed by atoms with E-state index in [9.17, 15) is 4.79 Å². The van der Waals surface area contributed by atoms with Crippen molar-refractivity contribution >= 4 is 17.2 Å². The fourth-order valence-corrected chi connectivity index (χ4v) is 4.19. The first kappa shape index (κ1) is 16.0. The van der Waals surface area contributed by atoms with Crippen LogP contribution in [-0.4, -0.2) is 31.9 Å². The van der Waals surface area contributed by atoms with Crippen molar-refractivity contribution in [3.05, 3.63) is 58.8 Å². The van der Waals surface area contributed by atoms with Gasteiger partial charge < -0.3 is 9.47 Å². The first-order chi connectivity index (χ1) is 12.2. The van der Waals surface area contributed by atoms with Gasteiger partial charge in [0.15, 0.2) is 0 Å². The predicted molar refractivity (Wildman–Crippen MR) is 98.4 cm³/mol. The first-order valence-electron chi connectivity index (χ1n) is 8.52. The van der Waals surface area contributed by atoms with E-state index in [1.807, 2.05) is 58.6 Å². The molecular formula is C19H20N4OS. The van der Waals surface area contributed by atoms with Crippen molar-refractivity contribution in [1.82, 2.24) is 19.4 Å². The number of nitrogens with zero attached hydrogens (tertiary/aromatic N) is 4. The average Bonchev–Trinajstić information content (AvgIpc) is 3.33. The van der Waals surface area contributed by atoms with Crippen LogP contribution >= 0.6 is 11.3 Å². The van der Waals surface area contributed by atoms with Gasteiger partial charge in [-0.05, 0) is 31.4 Å². The molecule has 0 radical (unpaired) electrons. The molecule has 128 valence electrons. The molecule has 0 aliphatic carbocycles. The van der Waals surface area contributed by atoms with Crippen LogP contribution in [0.5, 0.6) is 0 Å². The molecule has 1 aliphatic rings. The Hall–Kier alpha value is -2.47. The van der Waals surface area contributed by atoms with Crippen LogP contribution in [0, 0.1) is 0 Å². The Labute approximate surface area is 151 Å². The molecule has 0 bridgehead atoms. The fourth-order valence-electron chi connectivity index (χ4n) is 3.40. The Bertz CT molecular complexity index is 854. The highest BCUT2D eigenvalue weighted by atomic mass is 32.1. The van der Waals surface area contributed by atoms with Crippen molar-refractivity contribution in [3.63, 3.8) is 0 Å². The number of thiazole rings is 1. The van der Waals surface area contributed by atoms with Gasteiger partial charge in [0.05, 0.1) is 6.04 Å². The molecular weight excluding hydrogens is 332 g/mol. The van der Waals surface area contributed by atoms with Gasteiger partial charge in [0.25, 0.3) is 5.91 Å². The zero-order chi connectivity index (χ0) is 17.2. The normalized spacial score (nSPS) is 17.6. The average molecular weight is 352 g/mol. The summed E-state index contributed by atoms with van der Waals surface area (Å²) >= 11 is 1.63. The van der Waals surface area contributed by atoms with Gasteiger partial charge in [-0.2, -0.15) is 0 Å². The number of likely N-dealkylation sites (tertiary alicyclic amines) is 1. The highest BCUT2D eigenvalue weighted by molar-refractivity contribution is 7.09. The zero-order valence-corrected chi connectivity index (χ0v) is 14.9. The van der Waals surface area contributed by atoms with E-state index in [2.05, 4.69) is 9.97 Å². The van der Waals surface area contributed by atoms with Crippen LogP contribution in [0.1, 0.15) is 40.7 Å².